The summed E-state index contributed by atoms with van der Waals surface area (Å²) in [5, 5.41) is 10.7. The maximum atomic E-state index is 13.5. The Hall–Kier alpha value is -3.30. The molecule has 3 heterocycles. The van der Waals surface area contributed by atoms with Crippen molar-refractivity contribution in [2.75, 3.05) is 25.9 Å². The van der Waals surface area contributed by atoms with Crippen LogP contribution in [0.2, 0.25) is 0 Å². The van der Waals surface area contributed by atoms with Crippen molar-refractivity contribution in [1.82, 2.24) is 14.9 Å². The number of aliphatic hydroxyl groups is 1. The van der Waals surface area contributed by atoms with Crippen molar-refractivity contribution in [2.24, 2.45) is 0 Å². The van der Waals surface area contributed by atoms with E-state index >= 15 is 0 Å². The number of aromatic nitrogens is 2. The van der Waals surface area contributed by atoms with Crippen LogP contribution in [0.3, 0.4) is 0 Å². The fraction of sp³-hybridized carbons (Fsp3) is 0.207. The van der Waals surface area contributed by atoms with Crippen molar-refractivity contribution in [3.05, 3.63) is 102 Å². The zero-order chi connectivity index (χ0) is 26.0. The number of nitrogens with one attached hydrogen (secondary N) is 1. The molecule has 0 saturated carbocycles. The molecule has 2 N–H and O–H groups in total. The highest BCUT2D eigenvalue weighted by Gasteiger charge is 2.22. The second-order valence-corrected chi connectivity index (χ2v) is 11.3. The lowest BCUT2D eigenvalue weighted by Crippen LogP contribution is -2.32. The van der Waals surface area contributed by atoms with Gasteiger partial charge in [0.1, 0.15) is 5.82 Å². The average molecular weight is 554 g/mol. The van der Waals surface area contributed by atoms with Crippen LogP contribution in [0.25, 0.3) is 28.0 Å². The molecule has 0 radical (unpaired) electrons. The van der Waals surface area contributed by atoms with Gasteiger partial charge in [0.15, 0.2) is 9.84 Å². The van der Waals surface area contributed by atoms with Crippen molar-refractivity contribution in [1.29, 1.82) is 0 Å². The number of β-amino-alcohol motifs (C(OH)–C–C–N with tert-alkyl or cyclic N) is 1. The number of aromatic amines is 1. The average Bonchev–Trinajstić information content (AvgIpc) is 3.35. The summed E-state index contributed by atoms with van der Waals surface area (Å²) in [5.74, 6) is -0.274. The van der Waals surface area contributed by atoms with Crippen molar-refractivity contribution in [2.45, 2.75) is 17.4 Å². The Bertz CT molecular complexity index is 1520. The first kappa shape index (κ1) is 27.7. The van der Waals surface area contributed by atoms with E-state index in [2.05, 4.69) is 20.9 Å². The van der Waals surface area contributed by atoms with Gasteiger partial charge in [0.05, 0.1) is 16.7 Å². The number of halogens is 2. The van der Waals surface area contributed by atoms with E-state index in [1.165, 1.54) is 36.1 Å². The Kier molecular flexibility index (Phi) is 8.47. The van der Waals surface area contributed by atoms with E-state index in [0.717, 1.165) is 40.9 Å². The van der Waals surface area contributed by atoms with Crippen molar-refractivity contribution in [3.63, 3.8) is 0 Å². The number of aliphatic hydroxyl groups excluding tert-OH is 1. The standard InChI is InChI=1S/C29H28FN3O3S.ClH/c1-37(35,36)25-8-4-21(5-9-25)27(34)19-33-16-12-20(13-17-33)26-18-32-29(23-2-6-24(30)7-3-23)28(26)22-10-14-31-15-11-22;/h2-12,14-15,18,27,32,34H,13,16-17,19H2,1H3;1H. The summed E-state index contributed by atoms with van der Waals surface area (Å²) in [7, 11) is -3.27. The fourth-order valence-electron chi connectivity index (χ4n) is 4.75. The minimum absolute atomic E-state index is 0. The second-order valence-electron chi connectivity index (χ2n) is 9.29. The molecular formula is C29H29ClFN3O3S. The molecule has 0 saturated heterocycles. The van der Waals surface area contributed by atoms with Crippen LogP contribution in [0.5, 0.6) is 0 Å². The van der Waals surface area contributed by atoms with Gasteiger partial charge in [0.25, 0.3) is 0 Å². The highest BCUT2D eigenvalue weighted by atomic mass is 35.5. The number of H-pyrrole nitrogens is 1. The smallest absolute Gasteiger partial charge is 0.175 e. The van der Waals surface area contributed by atoms with Gasteiger partial charge in [-0.1, -0.05) is 18.2 Å². The zero-order valence-corrected chi connectivity index (χ0v) is 22.5. The maximum absolute atomic E-state index is 13.5. The Balaban J connectivity index is 0.00000336. The number of sulfone groups is 1. The van der Waals surface area contributed by atoms with E-state index in [9.17, 15) is 17.9 Å². The van der Waals surface area contributed by atoms with Gasteiger partial charge in [-0.15, -0.1) is 12.4 Å². The minimum Gasteiger partial charge on any atom is -0.387 e. The first-order valence-corrected chi connectivity index (χ1v) is 14.0. The molecular weight excluding hydrogens is 525 g/mol. The van der Waals surface area contributed by atoms with Gasteiger partial charge in [0, 0.05) is 55.6 Å². The lowest BCUT2D eigenvalue weighted by atomic mass is 9.92. The number of nitrogens with zero attached hydrogens (tertiary/aromatic N) is 2. The summed E-state index contributed by atoms with van der Waals surface area (Å²) in [5.41, 5.74) is 6.92. The molecule has 9 heteroatoms. The van der Waals surface area contributed by atoms with E-state index in [1.54, 1.807) is 36.7 Å². The lowest BCUT2D eigenvalue weighted by Gasteiger charge is -2.28. The van der Waals surface area contributed by atoms with Gasteiger partial charge in [0.2, 0.25) is 0 Å². The molecule has 1 aliphatic rings. The predicted molar refractivity (Wildman–Crippen MR) is 150 cm³/mol. The van der Waals surface area contributed by atoms with E-state index < -0.39 is 15.9 Å². The normalized spacial score (nSPS) is 15.0. The fourth-order valence-corrected chi connectivity index (χ4v) is 5.38. The summed E-state index contributed by atoms with van der Waals surface area (Å²) < 4.78 is 36.9. The Labute approximate surface area is 228 Å². The van der Waals surface area contributed by atoms with Crippen molar-refractivity contribution >= 4 is 27.8 Å². The molecule has 2 aromatic carbocycles. The summed E-state index contributed by atoms with van der Waals surface area (Å²) in [6.07, 6.45) is 8.98. The van der Waals surface area contributed by atoms with Gasteiger partial charge >= 0.3 is 0 Å². The Morgan fingerprint density at radius 1 is 1.03 bits per heavy atom. The molecule has 4 aromatic rings. The third-order valence-electron chi connectivity index (χ3n) is 6.75. The number of hydrogen-bond donors (Lipinski definition) is 2. The van der Waals surface area contributed by atoms with Crippen LogP contribution in [-0.4, -0.2) is 54.3 Å². The summed E-state index contributed by atoms with van der Waals surface area (Å²) in [4.78, 5) is 9.98. The van der Waals surface area contributed by atoms with Crippen LogP contribution in [0, 0.1) is 5.82 Å². The summed E-state index contributed by atoms with van der Waals surface area (Å²) in [6, 6.07) is 16.8. The first-order valence-electron chi connectivity index (χ1n) is 12.1. The van der Waals surface area contributed by atoms with Crippen LogP contribution in [-0.2, 0) is 9.84 Å². The third kappa shape index (κ3) is 6.05. The van der Waals surface area contributed by atoms with Crippen LogP contribution in [0.4, 0.5) is 4.39 Å². The van der Waals surface area contributed by atoms with Crippen LogP contribution in [0.15, 0.2) is 90.2 Å². The van der Waals surface area contributed by atoms with Crippen LogP contribution >= 0.6 is 12.4 Å². The molecule has 0 aliphatic carbocycles. The molecule has 6 nitrogen and oxygen atoms in total. The molecule has 0 bridgehead atoms. The lowest BCUT2D eigenvalue weighted by molar-refractivity contribution is 0.119. The molecule has 38 heavy (non-hydrogen) atoms. The highest BCUT2D eigenvalue weighted by Crippen LogP contribution is 2.39. The zero-order valence-electron chi connectivity index (χ0n) is 20.8. The molecule has 0 spiro atoms. The summed E-state index contributed by atoms with van der Waals surface area (Å²) in [6.45, 7) is 1.91. The van der Waals surface area contributed by atoms with E-state index in [4.69, 9.17) is 0 Å². The number of benzene rings is 2. The molecule has 1 aliphatic heterocycles. The number of rotatable bonds is 7. The highest BCUT2D eigenvalue weighted by molar-refractivity contribution is 7.90. The van der Waals surface area contributed by atoms with Crippen LogP contribution in [0.1, 0.15) is 23.7 Å². The Morgan fingerprint density at radius 2 is 1.71 bits per heavy atom. The third-order valence-corrected chi connectivity index (χ3v) is 7.87. The van der Waals surface area contributed by atoms with Crippen molar-refractivity contribution < 1.29 is 17.9 Å². The van der Waals surface area contributed by atoms with Gasteiger partial charge in [-0.2, -0.15) is 0 Å². The predicted octanol–water partition coefficient (Wildman–Crippen LogP) is 5.53. The van der Waals surface area contributed by atoms with Gasteiger partial charge in [-0.3, -0.25) is 9.88 Å². The monoisotopic (exact) mass is 553 g/mol. The first-order chi connectivity index (χ1) is 17.8. The topological polar surface area (TPSA) is 86.3 Å². The molecule has 1 atom stereocenters. The SMILES string of the molecule is CS(=O)(=O)c1ccc(C(O)CN2CC=C(c3c[nH]c(-c4ccc(F)cc4)c3-c3ccncc3)CC2)cc1.Cl. The number of hydrogen-bond acceptors (Lipinski definition) is 5. The van der Waals surface area contributed by atoms with E-state index in [-0.39, 0.29) is 23.1 Å². The van der Waals surface area contributed by atoms with Gasteiger partial charge in [-0.05, 0) is 77.2 Å². The van der Waals surface area contributed by atoms with Crippen molar-refractivity contribution in [3.8, 4) is 22.4 Å². The minimum atomic E-state index is -3.27. The maximum Gasteiger partial charge on any atom is 0.175 e. The largest absolute Gasteiger partial charge is 0.387 e. The quantitative estimate of drug-likeness (QED) is 0.314. The molecule has 0 fully saturated rings. The molecule has 5 rings (SSSR count). The van der Waals surface area contributed by atoms with E-state index in [0.29, 0.717) is 18.7 Å². The molecule has 2 aromatic heterocycles. The molecule has 198 valence electrons. The van der Waals surface area contributed by atoms with E-state index in [1.807, 2.05) is 18.3 Å². The van der Waals surface area contributed by atoms with Gasteiger partial charge < -0.3 is 10.1 Å². The molecule has 0 amide bonds. The van der Waals surface area contributed by atoms with Crippen LogP contribution < -0.4 is 0 Å². The number of pyridine rings is 1. The Morgan fingerprint density at radius 3 is 2.32 bits per heavy atom. The van der Waals surface area contributed by atoms with Gasteiger partial charge in [-0.25, -0.2) is 12.8 Å². The summed E-state index contributed by atoms with van der Waals surface area (Å²) >= 11 is 0. The second kappa shape index (κ2) is 11.6. The molecule has 1 unspecified atom stereocenters.